The second kappa shape index (κ2) is 11.1. The van der Waals surface area contributed by atoms with Gasteiger partial charge in [-0.1, -0.05) is 60.2 Å². The number of hydrogen-bond acceptors (Lipinski definition) is 4. The van der Waals surface area contributed by atoms with Crippen molar-refractivity contribution < 1.29 is 4.79 Å². The fourth-order valence-corrected chi connectivity index (χ4v) is 4.94. The normalized spacial score (nSPS) is 20.2. The van der Waals surface area contributed by atoms with E-state index in [9.17, 15) is 4.79 Å². The Balaban J connectivity index is 1.17. The molecule has 2 aliphatic heterocycles. The molecule has 4 rings (SSSR count). The average Bonchev–Trinajstić information content (AvgIpc) is 2.81. The van der Waals surface area contributed by atoms with E-state index in [1.165, 1.54) is 16.7 Å². The Hall–Kier alpha value is -2.21. The summed E-state index contributed by atoms with van der Waals surface area (Å²) in [5.41, 5.74) is 4.06. The SMILES string of the molecule is Cc1cccc(CN2CCN(C(C)C(=O)NC3CCN(Cc4ccccc4)CC3)CC2)c1. The number of piperazine rings is 1. The van der Waals surface area contributed by atoms with Crippen LogP contribution in [0.5, 0.6) is 0 Å². The highest BCUT2D eigenvalue weighted by Gasteiger charge is 2.28. The fraction of sp³-hybridized carbons (Fsp3) is 0.519. The van der Waals surface area contributed by atoms with Crippen LogP contribution < -0.4 is 5.32 Å². The van der Waals surface area contributed by atoms with E-state index in [0.717, 1.165) is 65.2 Å². The molecule has 0 spiro atoms. The summed E-state index contributed by atoms with van der Waals surface area (Å²) in [6.45, 7) is 12.3. The van der Waals surface area contributed by atoms with Crippen LogP contribution in [-0.2, 0) is 17.9 Å². The van der Waals surface area contributed by atoms with Gasteiger partial charge in [-0.15, -0.1) is 0 Å². The molecule has 2 heterocycles. The molecule has 32 heavy (non-hydrogen) atoms. The maximum absolute atomic E-state index is 12.9. The van der Waals surface area contributed by atoms with Gasteiger partial charge < -0.3 is 5.32 Å². The van der Waals surface area contributed by atoms with Gasteiger partial charge in [-0.05, 0) is 37.8 Å². The van der Waals surface area contributed by atoms with Crippen molar-refractivity contribution in [3.63, 3.8) is 0 Å². The van der Waals surface area contributed by atoms with Crippen LogP contribution in [0.1, 0.15) is 36.5 Å². The Kier molecular flexibility index (Phi) is 7.95. The molecule has 5 heteroatoms. The first-order valence-electron chi connectivity index (χ1n) is 12.2. The van der Waals surface area contributed by atoms with Crippen molar-refractivity contribution in [2.45, 2.75) is 51.9 Å². The predicted molar refractivity (Wildman–Crippen MR) is 130 cm³/mol. The topological polar surface area (TPSA) is 38.8 Å². The Labute approximate surface area is 193 Å². The monoisotopic (exact) mass is 434 g/mol. The number of rotatable bonds is 7. The molecule has 0 aliphatic carbocycles. The minimum Gasteiger partial charge on any atom is -0.352 e. The van der Waals surface area contributed by atoms with Crippen LogP contribution in [0.2, 0.25) is 0 Å². The number of aryl methyl sites for hydroxylation is 1. The van der Waals surface area contributed by atoms with Gasteiger partial charge in [0.25, 0.3) is 0 Å². The van der Waals surface area contributed by atoms with Gasteiger partial charge in [-0.3, -0.25) is 19.5 Å². The van der Waals surface area contributed by atoms with Crippen LogP contribution in [0, 0.1) is 6.92 Å². The number of hydrogen-bond donors (Lipinski definition) is 1. The summed E-state index contributed by atoms with van der Waals surface area (Å²) in [4.78, 5) is 20.2. The van der Waals surface area contributed by atoms with Crippen molar-refractivity contribution in [2.24, 2.45) is 0 Å². The zero-order valence-corrected chi connectivity index (χ0v) is 19.7. The number of likely N-dealkylation sites (tertiary alicyclic amines) is 1. The molecular formula is C27H38N4O. The first kappa shape index (κ1) is 23.0. The van der Waals surface area contributed by atoms with Gasteiger partial charge in [0.05, 0.1) is 6.04 Å². The fourth-order valence-electron chi connectivity index (χ4n) is 4.94. The van der Waals surface area contributed by atoms with Crippen molar-refractivity contribution in [3.05, 3.63) is 71.3 Å². The Bertz CT molecular complexity index is 855. The lowest BCUT2D eigenvalue weighted by Crippen LogP contribution is -2.55. The minimum atomic E-state index is -0.0570. The Morgan fingerprint density at radius 1 is 0.875 bits per heavy atom. The molecule has 2 saturated heterocycles. The smallest absolute Gasteiger partial charge is 0.237 e. The molecule has 0 bridgehead atoms. The first-order chi connectivity index (χ1) is 15.6. The largest absolute Gasteiger partial charge is 0.352 e. The highest BCUT2D eigenvalue weighted by Crippen LogP contribution is 2.16. The van der Waals surface area contributed by atoms with Gasteiger partial charge in [0.2, 0.25) is 5.91 Å². The molecule has 0 saturated carbocycles. The third kappa shape index (κ3) is 6.41. The molecule has 1 atom stereocenters. The van der Waals surface area contributed by atoms with E-state index in [1.54, 1.807) is 0 Å². The molecule has 5 nitrogen and oxygen atoms in total. The number of piperidine rings is 1. The van der Waals surface area contributed by atoms with Crippen LogP contribution in [-0.4, -0.2) is 72.0 Å². The number of nitrogens with one attached hydrogen (secondary N) is 1. The van der Waals surface area contributed by atoms with E-state index in [2.05, 4.69) is 88.5 Å². The maximum Gasteiger partial charge on any atom is 0.237 e. The molecule has 2 aromatic carbocycles. The lowest BCUT2D eigenvalue weighted by molar-refractivity contribution is -0.127. The molecular weight excluding hydrogens is 396 g/mol. The number of benzene rings is 2. The summed E-state index contributed by atoms with van der Waals surface area (Å²) < 4.78 is 0. The first-order valence-corrected chi connectivity index (χ1v) is 12.2. The zero-order chi connectivity index (χ0) is 22.3. The van der Waals surface area contributed by atoms with E-state index >= 15 is 0 Å². The Morgan fingerprint density at radius 2 is 1.50 bits per heavy atom. The maximum atomic E-state index is 12.9. The van der Waals surface area contributed by atoms with Crippen molar-refractivity contribution in [1.29, 1.82) is 0 Å². The standard InChI is InChI=1S/C27H38N4O/c1-22-7-6-10-25(19-22)21-30-15-17-31(18-16-30)23(2)27(32)28-26-11-13-29(14-12-26)20-24-8-4-3-5-9-24/h3-10,19,23,26H,11-18,20-21H2,1-2H3,(H,28,32). The summed E-state index contributed by atoms with van der Waals surface area (Å²) in [5, 5.41) is 3.34. The van der Waals surface area contributed by atoms with Gasteiger partial charge in [0.1, 0.15) is 0 Å². The molecule has 2 aliphatic rings. The van der Waals surface area contributed by atoms with E-state index in [4.69, 9.17) is 0 Å². The second-order valence-corrected chi connectivity index (χ2v) is 9.52. The summed E-state index contributed by atoms with van der Waals surface area (Å²) in [7, 11) is 0. The quantitative estimate of drug-likeness (QED) is 0.726. The van der Waals surface area contributed by atoms with Gasteiger partial charge in [-0.2, -0.15) is 0 Å². The third-order valence-electron chi connectivity index (χ3n) is 7.01. The van der Waals surface area contributed by atoms with Gasteiger partial charge in [0, 0.05) is 58.4 Å². The van der Waals surface area contributed by atoms with E-state index in [1.807, 2.05) is 0 Å². The summed E-state index contributed by atoms with van der Waals surface area (Å²) in [6.07, 6.45) is 2.07. The van der Waals surface area contributed by atoms with Crippen molar-refractivity contribution in [3.8, 4) is 0 Å². The minimum absolute atomic E-state index is 0.0570. The lowest BCUT2D eigenvalue weighted by Gasteiger charge is -2.38. The number of carbonyl (C=O) groups excluding carboxylic acids is 1. The lowest BCUT2D eigenvalue weighted by atomic mass is 10.0. The van der Waals surface area contributed by atoms with Crippen LogP contribution in [0.25, 0.3) is 0 Å². The summed E-state index contributed by atoms with van der Waals surface area (Å²) in [6, 6.07) is 19.7. The zero-order valence-electron chi connectivity index (χ0n) is 19.7. The van der Waals surface area contributed by atoms with Crippen molar-refractivity contribution >= 4 is 5.91 Å². The molecule has 0 aromatic heterocycles. The summed E-state index contributed by atoms with van der Waals surface area (Å²) in [5.74, 6) is 0.193. The van der Waals surface area contributed by atoms with Gasteiger partial charge in [0.15, 0.2) is 0 Å². The highest BCUT2D eigenvalue weighted by atomic mass is 16.2. The predicted octanol–water partition coefficient (Wildman–Crippen LogP) is 3.28. The van der Waals surface area contributed by atoms with E-state index in [0.29, 0.717) is 6.04 Å². The van der Waals surface area contributed by atoms with Crippen LogP contribution >= 0.6 is 0 Å². The van der Waals surface area contributed by atoms with Gasteiger partial charge in [-0.25, -0.2) is 0 Å². The summed E-state index contributed by atoms with van der Waals surface area (Å²) >= 11 is 0. The van der Waals surface area contributed by atoms with E-state index < -0.39 is 0 Å². The van der Waals surface area contributed by atoms with Crippen LogP contribution in [0.3, 0.4) is 0 Å². The van der Waals surface area contributed by atoms with E-state index in [-0.39, 0.29) is 11.9 Å². The Morgan fingerprint density at radius 3 is 2.19 bits per heavy atom. The molecule has 2 fully saturated rings. The van der Waals surface area contributed by atoms with Crippen molar-refractivity contribution in [1.82, 2.24) is 20.0 Å². The van der Waals surface area contributed by atoms with Crippen molar-refractivity contribution in [2.75, 3.05) is 39.3 Å². The highest BCUT2D eigenvalue weighted by molar-refractivity contribution is 5.81. The molecule has 1 N–H and O–H groups in total. The second-order valence-electron chi connectivity index (χ2n) is 9.52. The average molecular weight is 435 g/mol. The number of nitrogens with zero attached hydrogens (tertiary/aromatic N) is 3. The molecule has 0 radical (unpaired) electrons. The molecule has 1 unspecified atom stereocenters. The third-order valence-corrected chi connectivity index (χ3v) is 7.01. The van der Waals surface area contributed by atoms with Crippen LogP contribution in [0.4, 0.5) is 0 Å². The molecule has 172 valence electrons. The number of amides is 1. The molecule has 2 aromatic rings. The molecule has 1 amide bonds. The number of carbonyl (C=O) groups is 1. The van der Waals surface area contributed by atoms with Gasteiger partial charge >= 0.3 is 0 Å². The van der Waals surface area contributed by atoms with Crippen LogP contribution in [0.15, 0.2) is 54.6 Å².